The monoisotopic (exact) mass is 346 g/mol. The molecule has 2 heterocycles. The van der Waals surface area contributed by atoms with Crippen LogP contribution in [-0.4, -0.2) is 21.1 Å². The van der Waals surface area contributed by atoms with Crippen LogP contribution in [0.2, 0.25) is 0 Å². The summed E-state index contributed by atoms with van der Waals surface area (Å²) in [6.45, 7) is 1.89. The lowest BCUT2D eigenvalue weighted by Crippen LogP contribution is -2.15. The molecule has 0 spiro atoms. The van der Waals surface area contributed by atoms with Gasteiger partial charge in [0.15, 0.2) is 5.13 Å². The number of fused-ring (bicyclic) bond motifs is 1. The molecule has 5 nitrogen and oxygen atoms in total. The predicted molar refractivity (Wildman–Crippen MR) is 99.8 cm³/mol. The number of hydrogen-bond acceptors (Lipinski definition) is 5. The van der Waals surface area contributed by atoms with Gasteiger partial charge in [-0.1, -0.05) is 48.5 Å². The Morgan fingerprint density at radius 2 is 1.76 bits per heavy atom. The topological polar surface area (TPSA) is 67.8 Å². The summed E-state index contributed by atoms with van der Waals surface area (Å²) in [6, 6.07) is 17.1. The van der Waals surface area contributed by atoms with Gasteiger partial charge in [-0.25, -0.2) is 4.98 Å². The first-order valence-electron chi connectivity index (χ1n) is 7.77. The van der Waals surface area contributed by atoms with Gasteiger partial charge in [0.05, 0.1) is 16.8 Å². The van der Waals surface area contributed by atoms with Gasteiger partial charge >= 0.3 is 0 Å². The second-order valence-electron chi connectivity index (χ2n) is 5.55. The van der Waals surface area contributed by atoms with Crippen molar-refractivity contribution in [2.24, 2.45) is 0 Å². The maximum Gasteiger partial charge on any atom is 0.260 e. The quantitative estimate of drug-likeness (QED) is 0.600. The molecule has 0 unspecified atom stereocenters. The summed E-state index contributed by atoms with van der Waals surface area (Å²) in [5, 5.41) is 14.7. The van der Waals surface area contributed by atoms with Crippen molar-refractivity contribution in [3.8, 4) is 11.3 Å². The highest BCUT2D eigenvalue weighted by molar-refractivity contribution is 7.14. The predicted octanol–water partition coefficient (Wildman–Crippen LogP) is 4.31. The van der Waals surface area contributed by atoms with Crippen LogP contribution in [0, 0.1) is 6.92 Å². The summed E-state index contributed by atoms with van der Waals surface area (Å²) < 4.78 is 0. The third kappa shape index (κ3) is 2.99. The Labute approximate surface area is 148 Å². The zero-order valence-electron chi connectivity index (χ0n) is 13.4. The van der Waals surface area contributed by atoms with Crippen molar-refractivity contribution in [1.82, 2.24) is 15.2 Å². The van der Waals surface area contributed by atoms with E-state index in [0.29, 0.717) is 21.9 Å². The van der Waals surface area contributed by atoms with Crippen molar-refractivity contribution in [2.45, 2.75) is 6.92 Å². The minimum Gasteiger partial charge on any atom is -0.298 e. The van der Waals surface area contributed by atoms with E-state index >= 15 is 0 Å². The van der Waals surface area contributed by atoms with Crippen LogP contribution in [0.25, 0.3) is 22.2 Å². The molecule has 0 aliphatic rings. The molecular weight excluding hydrogens is 332 g/mol. The van der Waals surface area contributed by atoms with Crippen LogP contribution in [0.3, 0.4) is 0 Å². The summed E-state index contributed by atoms with van der Waals surface area (Å²) in [7, 11) is 0. The van der Waals surface area contributed by atoms with Gasteiger partial charge in [-0.3, -0.25) is 10.1 Å². The van der Waals surface area contributed by atoms with Gasteiger partial charge in [0.1, 0.15) is 5.69 Å². The summed E-state index contributed by atoms with van der Waals surface area (Å²) in [5.41, 5.74) is 3.47. The molecule has 0 atom stereocenters. The summed E-state index contributed by atoms with van der Waals surface area (Å²) in [4.78, 5) is 17.3. The molecule has 1 N–H and O–H groups in total. The fraction of sp³-hybridized carbons (Fsp3) is 0.0526. The summed E-state index contributed by atoms with van der Waals surface area (Å²) >= 11 is 1.40. The number of amides is 1. The average Bonchev–Trinajstić information content (AvgIpc) is 3.06. The Balaban J connectivity index is 1.88. The molecule has 4 aromatic rings. The van der Waals surface area contributed by atoms with Crippen LogP contribution in [-0.2, 0) is 0 Å². The van der Waals surface area contributed by atoms with Crippen molar-refractivity contribution in [2.75, 3.05) is 5.32 Å². The van der Waals surface area contributed by atoms with E-state index in [1.165, 1.54) is 11.3 Å². The van der Waals surface area contributed by atoms with E-state index in [2.05, 4.69) is 20.5 Å². The van der Waals surface area contributed by atoms with Gasteiger partial charge in [-0.2, -0.15) is 0 Å². The molecule has 0 aliphatic carbocycles. The molecule has 2 aromatic carbocycles. The molecule has 0 saturated heterocycles. The molecular formula is C19H14N4OS. The van der Waals surface area contributed by atoms with Gasteiger partial charge in [-0.15, -0.1) is 21.5 Å². The van der Waals surface area contributed by atoms with Crippen molar-refractivity contribution < 1.29 is 4.79 Å². The second-order valence-corrected chi connectivity index (χ2v) is 6.41. The first-order chi connectivity index (χ1) is 12.2. The highest BCUT2D eigenvalue weighted by Gasteiger charge is 2.20. The van der Waals surface area contributed by atoms with Gasteiger partial charge in [0, 0.05) is 16.3 Å². The van der Waals surface area contributed by atoms with Gasteiger partial charge in [-0.05, 0) is 13.0 Å². The lowest BCUT2D eigenvalue weighted by Gasteiger charge is -2.11. The number of rotatable bonds is 3. The molecule has 1 amide bonds. The first kappa shape index (κ1) is 15.4. The normalized spacial score (nSPS) is 10.8. The molecule has 0 fully saturated rings. The number of nitrogens with one attached hydrogen (secondary N) is 1. The lowest BCUT2D eigenvalue weighted by molar-refractivity contribution is 0.102. The van der Waals surface area contributed by atoms with Crippen molar-refractivity contribution in [3.63, 3.8) is 0 Å². The number of aromatic nitrogens is 3. The van der Waals surface area contributed by atoms with E-state index in [-0.39, 0.29) is 5.91 Å². The highest BCUT2D eigenvalue weighted by atomic mass is 32.1. The largest absolute Gasteiger partial charge is 0.298 e. The summed E-state index contributed by atoms with van der Waals surface area (Å²) in [6.07, 6.45) is 0. The molecule has 0 bridgehead atoms. The van der Waals surface area contributed by atoms with E-state index in [0.717, 1.165) is 16.6 Å². The second kappa shape index (κ2) is 6.41. The standard InChI is InChI=1S/C19H14N4OS/c1-12-11-25-19(20-12)21-18(24)16-14-9-5-6-10-15(14)22-23-17(16)13-7-3-2-4-8-13/h2-11H,1H3,(H,20,21,24). The molecule has 122 valence electrons. The smallest absolute Gasteiger partial charge is 0.260 e. The van der Waals surface area contributed by atoms with Gasteiger partial charge < -0.3 is 0 Å². The van der Waals surface area contributed by atoms with Crippen LogP contribution in [0.5, 0.6) is 0 Å². The molecule has 25 heavy (non-hydrogen) atoms. The van der Waals surface area contributed by atoms with Crippen molar-refractivity contribution in [3.05, 3.63) is 71.2 Å². The SMILES string of the molecule is Cc1csc(NC(=O)c2c(-c3ccccc3)nnc3ccccc23)n1. The average molecular weight is 346 g/mol. The Morgan fingerprint density at radius 3 is 2.52 bits per heavy atom. The van der Waals surface area contributed by atoms with E-state index in [9.17, 15) is 4.79 Å². The minimum absolute atomic E-state index is 0.237. The third-order valence-corrected chi connectivity index (χ3v) is 4.66. The Hall–Kier alpha value is -3.12. The molecule has 0 saturated carbocycles. The molecule has 6 heteroatoms. The van der Waals surface area contributed by atoms with Crippen molar-refractivity contribution >= 4 is 33.3 Å². The number of hydrogen-bond donors (Lipinski definition) is 1. The molecule has 0 aliphatic heterocycles. The van der Waals surface area contributed by atoms with E-state index in [1.54, 1.807) is 0 Å². The van der Waals surface area contributed by atoms with E-state index < -0.39 is 0 Å². The maximum atomic E-state index is 13.0. The fourth-order valence-corrected chi connectivity index (χ4v) is 3.34. The van der Waals surface area contributed by atoms with E-state index in [4.69, 9.17) is 0 Å². The molecule has 4 rings (SSSR count). The van der Waals surface area contributed by atoms with Gasteiger partial charge in [0.25, 0.3) is 5.91 Å². The van der Waals surface area contributed by atoms with Crippen LogP contribution in [0.4, 0.5) is 5.13 Å². The number of anilines is 1. The van der Waals surface area contributed by atoms with E-state index in [1.807, 2.05) is 66.9 Å². The highest BCUT2D eigenvalue weighted by Crippen LogP contribution is 2.28. The number of aryl methyl sites for hydroxylation is 1. The third-order valence-electron chi connectivity index (χ3n) is 3.78. The minimum atomic E-state index is -0.237. The number of carbonyl (C=O) groups is 1. The zero-order valence-corrected chi connectivity index (χ0v) is 14.2. The van der Waals surface area contributed by atoms with Crippen LogP contribution < -0.4 is 5.32 Å². The number of thiazole rings is 1. The zero-order chi connectivity index (χ0) is 17.2. The fourth-order valence-electron chi connectivity index (χ4n) is 2.65. The van der Waals surface area contributed by atoms with Crippen LogP contribution in [0.1, 0.15) is 16.1 Å². The van der Waals surface area contributed by atoms with Crippen LogP contribution in [0.15, 0.2) is 60.0 Å². The maximum absolute atomic E-state index is 13.0. The van der Waals surface area contributed by atoms with Gasteiger partial charge in [0.2, 0.25) is 0 Å². The summed E-state index contributed by atoms with van der Waals surface area (Å²) in [5.74, 6) is -0.237. The first-order valence-corrected chi connectivity index (χ1v) is 8.64. The van der Waals surface area contributed by atoms with Crippen LogP contribution >= 0.6 is 11.3 Å². The molecule has 0 radical (unpaired) electrons. The lowest BCUT2D eigenvalue weighted by atomic mass is 10.0. The van der Waals surface area contributed by atoms with Crippen molar-refractivity contribution in [1.29, 1.82) is 0 Å². The Bertz CT molecular complexity index is 1060. The number of nitrogens with zero attached hydrogens (tertiary/aromatic N) is 3. The molecule has 2 aromatic heterocycles. The number of carbonyl (C=O) groups excluding carboxylic acids is 1. The Morgan fingerprint density at radius 1 is 1.00 bits per heavy atom. The Kier molecular flexibility index (Phi) is 3.95. The number of benzene rings is 2.